The van der Waals surface area contributed by atoms with Crippen molar-refractivity contribution in [2.24, 2.45) is 0 Å². The Morgan fingerprint density at radius 3 is 2.28 bits per heavy atom. The number of para-hydroxylation sites is 2. The molecule has 0 unspecified atom stereocenters. The van der Waals surface area contributed by atoms with Gasteiger partial charge >= 0.3 is 6.18 Å². The van der Waals surface area contributed by atoms with Crippen molar-refractivity contribution in [1.82, 2.24) is 10.2 Å². The van der Waals surface area contributed by atoms with Gasteiger partial charge in [0.15, 0.2) is 17.2 Å². The molecule has 0 saturated carbocycles. The Morgan fingerprint density at radius 1 is 1.00 bits per heavy atom. The Labute approximate surface area is 99.7 Å². The van der Waals surface area contributed by atoms with Crippen LogP contribution in [0.1, 0.15) is 5.69 Å². The summed E-state index contributed by atoms with van der Waals surface area (Å²) in [7, 11) is 0. The van der Waals surface area contributed by atoms with Gasteiger partial charge in [0.2, 0.25) is 5.88 Å². The minimum atomic E-state index is -4.54. The van der Waals surface area contributed by atoms with Crippen molar-refractivity contribution >= 4 is 0 Å². The quantitative estimate of drug-likeness (QED) is 0.897. The number of hydrogen-bond acceptors (Lipinski definition) is 4. The van der Waals surface area contributed by atoms with E-state index < -0.39 is 11.9 Å². The lowest BCUT2D eigenvalue weighted by Gasteiger charge is -2.07. The number of hydrogen-bond donors (Lipinski definition) is 1. The number of alkyl halides is 3. The van der Waals surface area contributed by atoms with Gasteiger partial charge in [0.1, 0.15) is 0 Å². The fraction of sp³-hybridized carbons (Fsp3) is 0.0909. The minimum absolute atomic E-state index is 0.0894. The topological polar surface area (TPSA) is 55.2 Å². The van der Waals surface area contributed by atoms with Gasteiger partial charge in [0.25, 0.3) is 0 Å². The average Bonchev–Trinajstić information content (AvgIpc) is 2.32. The standard InChI is InChI=1S/C11H7F3N2O2/c12-11(13,14)9-5-6-10(16-15-9)18-8-4-2-1-3-7(8)17/h1-6,17H. The summed E-state index contributed by atoms with van der Waals surface area (Å²) in [4.78, 5) is 0. The van der Waals surface area contributed by atoms with E-state index in [1.165, 1.54) is 12.1 Å². The first-order valence-electron chi connectivity index (χ1n) is 4.83. The second kappa shape index (κ2) is 4.52. The Hall–Kier alpha value is -2.31. The van der Waals surface area contributed by atoms with E-state index >= 15 is 0 Å². The minimum Gasteiger partial charge on any atom is -0.504 e. The number of benzene rings is 1. The van der Waals surface area contributed by atoms with Crippen LogP contribution in [0.4, 0.5) is 13.2 Å². The molecular formula is C11H7F3N2O2. The van der Waals surface area contributed by atoms with Crippen LogP contribution in [0, 0.1) is 0 Å². The van der Waals surface area contributed by atoms with E-state index in [-0.39, 0.29) is 17.4 Å². The summed E-state index contributed by atoms with van der Waals surface area (Å²) < 4.78 is 41.8. The number of phenolic OH excluding ortho intramolecular Hbond substituents is 1. The smallest absolute Gasteiger partial charge is 0.435 e. The maximum atomic E-state index is 12.2. The highest BCUT2D eigenvalue weighted by molar-refractivity contribution is 5.40. The van der Waals surface area contributed by atoms with Crippen LogP contribution in [0.5, 0.6) is 17.4 Å². The van der Waals surface area contributed by atoms with Crippen molar-refractivity contribution in [3.05, 3.63) is 42.1 Å². The summed E-state index contributed by atoms with van der Waals surface area (Å²) in [5.41, 5.74) is -1.10. The molecule has 2 rings (SSSR count). The van der Waals surface area contributed by atoms with Crippen molar-refractivity contribution in [2.75, 3.05) is 0 Å². The normalized spacial score (nSPS) is 11.3. The molecule has 0 radical (unpaired) electrons. The maximum absolute atomic E-state index is 12.2. The highest BCUT2D eigenvalue weighted by Crippen LogP contribution is 2.30. The zero-order valence-corrected chi connectivity index (χ0v) is 8.85. The second-order valence-corrected chi connectivity index (χ2v) is 3.32. The second-order valence-electron chi connectivity index (χ2n) is 3.32. The molecule has 4 nitrogen and oxygen atoms in total. The largest absolute Gasteiger partial charge is 0.504 e. The molecule has 1 aromatic heterocycles. The van der Waals surface area contributed by atoms with Crippen LogP contribution in [0.2, 0.25) is 0 Å². The third-order valence-electron chi connectivity index (χ3n) is 2.01. The van der Waals surface area contributed by atoms with Crippen LogP contribution in [-0.4, -0.2) is 15.3 Å². The summed E-state index contributed by atoms with van der Waals surface area (Å²) in [5.74, 6) is -0.185. The lowest BCUT2D eigenvalue weighted by Crippen LogP contribution is -2.08. The van der Waals surface area contributed by atoms with E-state index in [4.69, 9.17) is 4.74 Å². The van der Waals surface area contributed by atoms with Gasteiger partial charge < -0.3 is 9.84 Å². The molecule has 0 bridgehead atoms. The Kier molecular flexibility index (Phi) is 3.05. The average molecular weight is 256 g/mol. The number of ether oxygens (including phenoxy) is 1. The fourth-order valence-corrected chi connectivity index (χ4v) is 1.18. The first kappa shape index (κ1) is 12.2. The summed E-state index contributed by atoms with van der Waals surface area (Å²) in [5, 5.41) is 15.7. The van der Waals surface area contributed by atoms with Crippen LogP contribution in [0.15, 0.2) is 36.4 Å². The molecule has 1 N–H and O–H groups in total. The van der Waals surface area contributed by atoms with E-state index in [0.29, 0.717) is 0 Å². The summed E-state index contributed by atoms with van der Waals surface area (Å²) in [6, 6.07) is 7.80. The molecule has 0 fully saturated rings. The fourth-order valence-electron chi connectivity index (χ4n) is 1.18. The maximum Gasteiger partial charge on any atom is 0.435 e. The predicted octanol–water partition coefficient (Wildman–Crippen LogP) is 2.99. The van der Waals surface area contributed by atoms with Crippen LogP contribution in [-0.2, 0) is 6.18 Å². The van der Waals surface area contributed by atoms with Gasteiger partial charge in [-0.15, -0.1) is 10.2 Å². The lowest BCUT2D eigenvalue weighted by molar-refractivity contribution is -0.141. The predicted molar refractivity (Wildman–Crippen MR) is 55.2 cm³/mol. The number of aromatic hydroxyl groups is 1. The van der Waals surface area contributed by atoms with Crippen molar-refractivity contribution in [2.45, 2.75) is 6.18 Å². The number of rotatable bonds is 2. The zero-order valence-electron chi connectivity index (χ0n) is 8.85. The van der Waals surface area contributed by atoms with Crippen LogP contribution >= 0.6 is 0 Å². The molecule has 18 heavy (non-hydrogen) atoms. The zero-order chi connectivity index (χ0) is 13.2. The molecule has 0 spiro atoms. The van der Waals surface area contributed by atoms with E-state index in [2.05, 4.69) is 10.2 Å². The first-order valence-corrected chi connectivity index (χ1v) is 4.83. The molecule has 0 saturated heterocycles. The van der Waals surface area contributed by atoms with Gasteiger partial charge in [-0.3, -0.25) is 0 Å². The molecule has 94 valence electrons. The molecular weight excluding hydrogens is 249 g/mol. The number of halogens is 3. The van der Waals surface area contributed by atoms with Gasteiger partial charge in [0.05, 0.1) is 0 Å². The molecule has 0 amide bonds. The number of aromatic nitrogens is 2. The van der Waals surface area contributed by atoms with Crippen molar-refractivity contribution < 1.29 is 23.0 Å². The SMILES string of the molecule is Oc1ccccc1Oc1ccc(C(F)(F)F)nn1. The Morgan fingerprint density at radius 2 is 1.72 bits per heavy atom. The summed E-state index contributed by atoms with van der Waals surface area (Å²) >= 11 is 0. The van der Waals surface area contributed by atoms with Gasteiger partial charge in [0, 0.05) is 6.07 Å². The first-order chi connectivity index (χ1) is 8.47. The van der Waals surface area contributed by atoms with Gasteiger partial charge in [-0.05, 0) is 18.2 Å². The molecule has 7 heteroatoms. The molecule has 0 aliphatic rings. The molecule has 0 atom stereocenters. The Balaban J connectivity index is 2.19. The summed E-state index contributed by atoms with van der Waals surface area (Å²) in [6.45, 7) is 0. The van der Waals surface area contributed by atoms with Gasteiger partial charge in [-0.2, -0.15) is 13.2 Å². The Bertz CT molecular complexity index is 541. The van der Waals surface area contributed by atoms with Crippen LogP contribution in [0.25, 0.3) is 0 Å². The molecule has 0 aliphatic heterocycles. The van der Waals surface area contributed by atoms with Gasteiger partial charge in [-0.25, -0.2) is 0 Å². The molecule has 1 aromatic carbocycles. The van der Waals surface area contributed by atoms with E-state index in [1.54, 1.807) is 12.1 Å². The third kappa shape index (κ3) is 2.68. The van der Waals surface area contributed by atoms with Crippen molar-refractivity contribution in [3.8, 4) is 17.4 Å². The van der Waals surface area contributed by atoms with E-state index in [1.807, 2.05) is 0 Å². The molecule has 2 aromatic rings. The van der Waals surface area contributed by atoms with Crippen LogP contribution in [0.3, 0.4) is 0 Å². The third-order valence-corrected chi connectivity index (χ3v) is 2.01. The van der Waals surface area contributed by atoms with Crippen LogP contribution < -0.4 is 4.74 Å². The van der Waals surface area contributed by atoms with E-state index in [9.17, 15) is 18.3 Å². The highest BCUT2D eigenvalue weighted by Gasteiger charge is 2.32. The monoisotopic (exact) mass is 256 g/mol. The number of phenols is 1. The van der Waals surface area contributed by atoms with Crippen molar-refractivity contribution in [3.63, 3.8) is 0 Å². The van der Waals surface area contributed by atoms with Crippen molar-refractivity contribution in [1.29, 1.82) is 0 Å². The molecule has 1 heterocycles. The lowest BCUT2D eigenvalue weighted by atomic mass is 10.3. The number of nitrogens with zero attached hydrogens (tertiary/aromatic N) is 2. The molecule has 0 aliphatic carbocycles. The van der Waals surface area contributed by atoms with Gasteiger partial charge in [-0.1, -0.05) is 12.1 Å². The van der Waals surface area contributed by atoms with E-state index in [0.717, 1.165) is 12.1 Å². The highest BCUT2D eigenvalue weighted by atomic mass is 19.4. The summed E-state index contributed by atoms with van der Waals surface area (Å²) in [6.07, 6.45) is -4.54.